The molecule has 2 heterocycles. The van der Waals surface area contributed by atoms with Crippen molar-refractivity contribution in [3.05, 3.63) is 11.9 Å². The maximum atomic E-state index is 5.93. The van der Waals surface area contributed by atoms with Crippen LogP contribution in [0.25, 0.3) is 0 Å². The van der Waals surface area contributed by atoms with E-state index in [1.165, 1.54) is 18.6 Å². The number of nitrogens with one attached hydrogen (secondary N) is 1. The molecule has 1 aromatic rings. The molecule has 0 radical (unpaired) electrons. The van der Waals surface area contributed by atoms with E-state index in [9.17, 15) is 0 Å². The van der Waals surface area contributed by atoms with Gasteiger partial charge in [0.15, 0.2) is 0 Å². The van der Waals surface area contributed by atoms with E-state index in [0.29, 0.717) is 17.8 Å². The fourth-order valence-electron chi connectivity index (χ4n) is 2.14. The Hall–Kier alpha value is -0.970. The molecular formula is C12H20N4S. The molecule has 94 valence electrons. The van der Waals surface area contributed by atoms with Crippen LogP contribution < -0.4 is 11.1 Å². The normalized spacial score (nSPS) is 20.5. The zero-order valence-corrected chi connectivity index (χ0v) is 11.3. The van der Waals surface area contributed by atoms with Crippen LogP contribution in [0, 0.1) is 0 Å². The summed E-state index contributed by atoms with van der Waals surface area (Å²) >= 11 is 2.00. The average molecular weight is 252 g/mol. The number of aromatic nitrogens is 2. The van der Waals surface area contributed by atoms with Gasteiger partial charge in [-0.05, 0) is 24.5 Å². The minimum absolute atomic E-state index is 0.343. The Balaban J connectivity index is 2.16. The Kier molecular flexibility index (Phi) is 4.10. The first kappa shape index (κ1) is 12.5. The van der Waals surface area contributed by atoms with E-state index in [1.54, 1.807) is 6.33 Å². The SMILES string of the molecule is CC(C)c1c(N)ncnc1NC1CCCSC1. The van der Waals surface area contributed by atoms with Crippen molar-refractivity contribution in [3.8, 4) is 0 Å². The Labute approximate surface area is 107 Å². The Morgan fingerprint density at radius 1 is 1.47 bits per heavy atom. The van der Waals surface area contributed by atoms with E-state index in [1.807, 2.05) is 11.8 Å². The van der Waals surface area contributed by atoms with Crippen LogP contribution in [-0.4, -0.2) is 27.5 Å². The van der Waals surface area contributed by atoms with Crippen molar-refractivity contribution in [2.75, 3.05) is 22.6 Å². The third kappa shape index (κ3) is 3.03. The summed E-state index contributed by atoms with van der Waals surface area (Å²) in [4.78, 5) is 8.42. The van der Waals surface area contributed by atoms with Gasteiger partial charge in [0.2, 0.25) is 0 Å². The van der Waals surface area contributed by atoms with Gasteiger partial charge in [-0.2, -0.15) is 11.8 Å². The number of nitrogens with two attached hydrogens (primary N) is 1. The summed E-state index contributed by atoms with van der Waals surface area (Å²) in [6, 6.07) is 0.514. The number of anilines is 2. The van der Waals surface area contributed by atoms with Crippen LogP contribution in [0.4, 0.5) is 11.6 Å². The van der Waals surface area contributed by atoms with Gasteiger partial charge in [0.05, 0.1) is 0 Å². The van der Waals surface area contributed by atoms with Gasteiger partial charge in [0.25, 0.3) is 0 Å². The molecule has 1 atom stereocenters. The van der Waals surface area contributed by atoms with Crippen LogP contribution in [0.2, 0.25) is 0 Å². The highest BCUT2D eigenvalue weighted by atomic mass is 32.2. The smallest absolute Gasteiger partial charge is 0.135 e. The quantitative estimate of drug-likeness (QED) is 0.865. The summed E-state index contributed by atoms with van der Waals surface area (Å²) < 4.78 is 0. The molecule has 1 saturated heterocycles. The largest absolute Gasteiger partial charge is 0.383 e. The molecule has 17 heavy (non-hydrogen) atoms. The summed E-state index contributed by atoms with van der Waals surface area (Å²) in [6.07, 6.45) is 4.04. The van der Waals surface area contributed by atoms with Crippen LogP contribution >= 0.6 is 11.8 Å². The van der Waals surface area contributed by atoms with E-state index >= 15 is 0 Å². The molecule has 0 spiro atoms. The molecule has 2 rings (SSSR count). The minimum atomic E-state index is 0.343. The van der Waals surface area contributed by atoms with Crippen LogP contribution in [-0.2, 0) is 0 Å². The average Bonchev–Trinajstić information content (AvgIpc) is 2.30. The predicted octanol–water partition coefficient (Wildman–Crippen LogP) is 2.49. The first-order valence-electron chi connectivity index (χ1n) is 6.13. The van der Waals surface area contributed by atoms with Crippen molar-refractivity contribution in [2.24, 2.45) is 0 Å². The van der Waals surface area contributed by atoms with Gasteiger partial charge in [-0.3, -0.25) is 0 Å². The molecule has 0 saturated carbocycles. The fraction of sp³-hybridized carbons (Fsp3) is 0.667. The predicted molar refractivity (Wildman–Crippen MR) is 74.5 cm³/mol. The molecule has 1 fully saturated rings. The van der Waals surface area contributed by atoms with Gasteiger partial charge in [0.1, 0.15) is 18.0 Å². The standard InChI is InChI=1S/C12H20N4S/c1-8(2)10-11(13)14-7-15-12(10)16-9-4-3-5-17-6-9/h7-9H,3-6H2,1-2H3,(H3,13,14,15,16). The third-order valence-corrected chi connectivity index (χ3v) is 4.21. The minimum Gasteiger partial charge on any atom is -0.383 e. The molecule has 1 aliphatic heterocycles. The molecular weight excluding hydrogens is 232 g/mol. The summed E-state index contributed by atoms with van der Waals surface area (Å²) in [5.41, 5.74) is 6.98. The molecule has 3 N–H and O–H groups in total. The van der Waals surface area contributed by atoms with E-state index in [4.69, 9.17) is 5.73 Å². The first-order valence-corrected chi connectivity index (χ1v) is 7.28. The zero-order chi connectivity index (χ0) is 12.3. The Morgan fingerprint density at radius 2 is 2.29 bits per heavy atom. The monoisotopic (exact) mass is 252 g/mol. The molecule has 5 heteroatoms. The van der Waals surface area contributed by atoms with Crippen molar-refractivity contribution < 1.29 is 0 Å². The molecule has 0 amide bonds. The van der Waals surface area contributed by atoms with Crippen LogP contribution in [0.1, 0.15) is 38.2 Å². The van der Waals surface area contributed by atoms with Crippen LogP contribution in [0.5, 0.6) is 0 Å². The topological polar surface area (TPSA) is 63.8 Å². The molecule has 0 aliphatic carbocycles. The number of hydrogen-bond acceptors (Lipinski definition) is 5. The van der Waals surface area contributed by atoms with Gasteiger partial charge >= 0.3 is 0 Å². The highest BCUT2D eigenvalue weighted by Crippen LogP contribution is 2.28. The number of thioether (sulfide) groups is 1. The molecule has 1 aromatic heterocycles. The zero-order valence-electron chi connectivity index (χ0n) is 10.4. The number of nitrogen functional groups attached to an aromatic ring is 1. The summed E-state index contributed by atoms with van der Waals surface area (Å²) in [5.74, 6) is 4.29. The summed E-state index contributed by atoms with van der Waals surface area (Å²) in [5, 5.41) is 3.52. The molecule has 0 bridgehead atoms. The Bertz CT molecular complexity index is 375. The first-order chi connectivity index (χ1) is 8.18. The second-order valence-electron chi connectivity index (χ2n) is 4.73. The van der Waals surface area contributed by atoms with Crippen molar-refractivity contribution in [3.63, 3.8) is 0 Å². The van der Waals surface area contributed by atoms with Gasteiger partial charge in [0, 0.05) is 17.4 Å². The van der Waals surface area contributed by atoms with Crippen molar-refractivity contribution in [1.82, 2.24) is 9.97 Å². The lowest BCUT2D eigenvalue weighted by molar-refractivity contribution is 0.679. The lowest BCUT2D eigenvalue weighted by Crippen LogP contribution is -2.27. The number of nitrogens with zero attached hydrogens (tertiary/aromatic N) is 2. The third-order valence-electron chi connectivity index (χ3n) is 2.99. The van der Waals surface area contributed by atoms with Crippen molar-refractivity contribution in [2.45, 2.75) is 38.6 Å². The maximum Gasteiger partial charge on any atom is 0.135 e. The molecule has 1 unspecified atom stereocenters. The maximum absolute atomic E-state index is 5.93. The van der Waals surface area contributed by atoms with Crippen LogP contribution in [0.3, 0.4) is 0 Å². The summed E-state index contributed by atoms with van der Waals surface area (Å²) in [7, 11) is 0. The Morgan fingerprint density at radius 3 is 2.94 bits per heavy atom. The second kappa shape index (κ2) is 5.58. The van der Waals surface area contributed by atoms with Gasteiger partial charge in [-0.1, -0.05) is 13.8 Å². The lowest BCUT2D eigenvalue weighted by atomic mass is 10.0. The summed E-state index contributed by atoms with van der Waals surface area (Å²) in [6.45, 7) is 4.24. The van der Waals surface area contributed by atoms with Crippen LogP contribution in [0.15, 0.2) is 6.33 Å². The van der Waals surface area contributed by atoms with E-state index in [0.717, 1.165) is 17.1 Å². The fourth-order valence-corrected chi connectivity index (χ4v) is 3.21. The number of rotatable bonds is 3. The van der Waals surface area contributed by atoms with Gasteiger partial charge < -0.3 is 11.1 Å². The van der Waals surface area contributed by atoms with E-state index in [-0.39, 0.29) is 0 Å². The van der Waals surface area contributed by atoms with Gasteiger partial charge in [-0.25, -0.2) is 9.97 Å². The lowest BCUT2D eigenvalue weighted by Gasteiger charge is -2.25. The highest BCUT2D eigenvalue weighted by Gasteiger charge is 2.18. The van der Waals surface area contributed by atoms with Crippen molar-refractivity contribution in [1.29, 1.82) is 0 Å². The molecule has 1 aliphatic rings. The van der Waals surface area contributed by atoms with E-state index in [2.05, 4.69) is 29.1 Å². The van der Waals surface area contributed by atoms with Crippen molar-refractivity contribution >= 4 is 23.4 Å². The molecule has 0 aromatic carbocycles. The number of hydrogen-bond donors (Lipinski definition) is 2. The van der Waals surface area contributed by atoms with E-state index < -0.39 is 0 Å². The molecule has 4 nitrogen and oxygen atoms in total. The van der Waals surface area contributed by atoms with Gasteiger partial charge in [-0.15, -0.1) is 0 Å². The highest BCUT2D eigenvalue weighted by molar-refractivity contribution is 7.99. The second-order valence-corrected chi connectivity index (χ2v) is 5.88.